The third kappa shape index (κ3) is 3.23. The topological polar surface area (TPSA) is 42.0 Å². The largest absolute Gasteiger partial charge is 0.353 e. The smallest absolute Gasteiger partial charge is 0.228 e. The third-order valence-corrected chi connectivity index (χ3v) is 3.58. The zero-order chi connectivity index (χ0) is 13.8. The molecule has 1 unspecified atom stereocenters. The fourth-order valence-electron chi connectivity index (χ4n) is 2.30. The van der Waals surface area contributed by atoms with E-state index in [1.54, 1.807) is 6.20 Å². The van der Waals surface area contributed by atoms with E-state index < -0.39 is 0 Å². The van der Waals surface area contributed by atoms with Crippen LogP contribution in [0.1, 0.15) is 30.0 Å². The van der Waals surface area contributed by atoms with E-state index in [9.17, 15) is 4.79 Å². The summed E-state index contributed by atoms with van der Waals surface area (Å²) in [5, 5.41) is 3.11. The first-order chi connectivity index (χ1) is 9.83. The molecule has 0 saturated heterocycles. The number of nitrogens with zero attached hydrogens (tertiary/aromatic N) is 1. The molecule has 1 amide bonds. The third-order valence-electron chi connectivity index (χ3n) is 3.58. The molecule has 1 aromatic carbocycles. The maximum Gasteiger partial charge on any atom is 0.228 e. The minimum absolute atomic E-state index is 0.115. The van der Waals surface area contributed by atoms with E-state index in [0.29, 0.717) is 12.5 Å². The van der Waals surface area contributed by atoms with Crippen LogP contribution >= 0.6 is 0 Å². The van der Waals surface area contributed by atoms with Gasteiger partial charge in [0.25, 0.3) is 0 Å². The fraction of sp³-hybridized carbons (Fsp3) is 0.294. The summed E-state index contributed by atoms with van der Waals surface area (Å²) in [4.78, 5) is 16.8. The zero-order valence-corrected chi connectivity index (χ0v) is 11.3. The number of carbonyl (C=O) groups is 1. The van der Waals surface area contributed by atoms with Gasteiger partial charge in [-0.15, -0.1) is 0 Å². The molecule has 3 rings (SSSR count). The predicted molar refractivity (Wildman–Crippen MR) is 78.3 cm³/mol. The highest BCUT2D eigenvalue weighted by molar-refractivity contribution is 5.84. The van der Waals surface area contributed by atoms with Crippen molar-refractivity contribution in [2.45, 2.75) is 31.2 Å². The van der Waals surface area contributed by atoms with Crippen molar-refractivity contribution in [3.63, 3.8) is 0 Å². The number of nitrogens with one attached hydrogen (secondary N) is 1. The van der Waals surface area contributed by atoms with Gasteiger partial charge in [0.2, 0.25) is 5.91 Å². The zero-order valence-electron chi connectivity index (χ0n) is 11.3. The van der Waals surface area contributed by atoms with Crippen molar-refractivity contribution in [3.05, 3.63) is 66.0 Å². The van der Waals surface area contributed by atoms with E-state index in [1.165, 1.54) is 0 Å². The van der Waals surface area contributed by atoms with Crippen molar-refractivity contribution in [2.75, 3.05) is 0 Å². The molecule has 1 aliphatic rings. The first-order valence-corrected chi connectivity index (χ1v) is 7.08. The molecule has 2 aromatic rings. The number of hydrogen-bond acceptors (Lipinski definition) is 2. The normalized spacial score (nSPS) is 15.6. The number of benzene rings is 1. The Morgan fingerprint density at radius 3 is 2.55 bits per heavy atom. The lowest BCUT2D eigenvalue weighted by Gasteiger charge is -2.16. The molecule has 0 bridgehead atoms. The number of rotatable bonds is 5. The Balaban J connectivity index is 1.81. The van der Waals surface area contributed by atoms with Crippen molar-refractivity contribution in [1.29, 1.82) is 0 Å². The Morgan fingerprint density at radius 2 is 1.90 bits per heavy atom. The molecular weight excluding hydrogens is 248 g/mol. The van der Waals surface area contributed by atoms with Gasteiger partial charge in [-0.05, 0) is 30.5 Å². The highest BCUT2D eigenvalue weighted by atomic mass is 16.2. The molecule has 3 heteroatoms. The van der Waals surface area contributed by atoms with Crippen LogP contribution in [0, 0.1) is 0 Å². The second-order valence-electron chi connectivity index (χ2n) is 5.27. The van der Waals surface area contributed by atoms with Gasteiger partial charge in [-0.1, -0.05) is 36.4 Å². The van der Waals surface area contributed by atoms with Crippen molar-refractivity contribution in [1.82, 2.24) is 10.3 Å². The highest BCUT2D eigenvalue weighted by Gasteiger charge is 2.28. The van der Waals surface area contributed by atoms with Gasteiger partial charge < -0.3 is 5.32 Å². The van der Waals surface area contributed by atoms with Crippen LogP contribution in [-0.2, 0) is 11.2 Å². The summed E-state index contributed by atoms with van der Waals surface area (Å²) in [5.74, 6) is -0.0453. The van der Waals surface area contributed by atoms with Gasteiger partial charge in [-0.25, -0.2) is 0 Å². The molecule has 1 atom stereocenters. The van der Waals surface area contributed by atoms with Crippen molar-refractivity contribution < 1.29 is 4.79 Å². The van der Waals surface area contributed by atoms with Gasteiger partial charge >= 0.3 is 0 Å². The molecule has 1 aromatic heterocycles. The van der Waals surface area contributed by atoms with Crippen LogP contribution in [0.3, 0.4) is 0 Å². The summed E-state index contributed by atoms with van der Waals surface area (Å²) < 4.78 is 0. The predicted octanol–water partition coefficient (Wildman–Crippen LogP) is 2.69. The molecule has 102 valence electrons. The summed E-state index contributed by atoms with van der Waals surface area (Å²) in [7, 11) is 0. The van der Waals surface area contributed by atoms with E-state index in [1.807, 2.05) is 48.5 Å². The monoisotopic (exact) mass is 266 g/mol. The van der Waals surface area contributed by atoms with Gasteiger partial charge in [0.05, 0.1) is 5.92 Å². The van der Waals surface area contributed by atoms with Gasteiger partial charge in [0, 0.05) is 24.4 Å². The average Bonchev–Trinajstić information content (AvgIpc) is 3.30. The molecule has 0 radical (unpaired) electrons. The second kappa shape index (κ2) is 5.87. The second-order valence-corrected chi connectivity index (χ2v) is 5.27. The maximum absolute atomic E-state index is 12.5. The number of carbonyl (C=O) groups excluding carboxylic acids is 1. The summed E-state index contributed by atoms with van der Waals surface area (Å²) in [6.45, 7) is 0. The first-order valence-electron chi connectivity index (χ1n) is 7.08. The lowest BCUT2D eigenvalue weighted by Crippen LogP contribution is -2.32. The van der Waals surface area contributed by atoms with Crippen LogP contribution in [0.5, 0.6) is 0 Å². The minimum Gasteiger partial charge on any atom is -0.353 e. The lowest BCUT2D eigenvalue weighted by atomic mass is 9.93. The van der Waals surface area contributed by atoms with E-state index in [2.05, 4.69) is 10.3 Å². The average molecular weight is 266 g/mol. The number of amides is 1. The number of hydrogen-bond donors (Lipinski definition) is 1. The fourth-order valence-corrected chi connectivity index (χ4v) is 2.30. The molecule has 1 fully saturated rings. The molecule has 1 saturated carbocycles. The Morgan fingerprint density at radius 1 is 1.15 bits per heavy atom. The Bertz CT molecular complexity index is 564. The first kappa shape index (κ1) is 12.9. The van der Waals surface area contributed by atoms with Gasteiger partial charge in [-0.2, -0.15) is 0 Å². The van der Waals surface area contributed by atoms with Crippen molar-refractivity contribution >= 4 is 5.91 Å². The van der Waals surface area contributed by atoms with Crippen LogP contribution in [0.25, 0.3) is 0 Å². The Labute approximate surface area is 119 Å². The van der Waals surface area contributed by atoms with Crippen LogP contribution < -0.4 is 5.32 Å². The van der Waals surface area contributed by atoms with Crippen LogP contribution in [0.4, 0.5) is 0 Å². The molecule has 3 nitrogen and oxygen atoms in total. The summed E-state index contributed by atoms with van der Waals surface area (Å²) >= 11 is 0. The van der Waals surface area contributed by atoms with Gasteiger partial charge in [-0.3, -0.25) is 9.78 Å². The molecule has 20 heavy (non-hydrogen) atoms. The van der Waals surface area contributed by atoms with E-state index in [-0.39, 0.29) is 11.8 Å². The summed E-state index contributed by atoms with van der Waals surface area (Å²) in [6, 6.07) is 16.2. The lowest BCUT2D eigenvalue weighted by molar-refractivity contribution is -0.122. The molecule has 1 aliphatic carbocycles. The minimum atomic E-state index is -0.160. The Hall–Kier alpha value is -2.16. The van der Waals surface area contributed by atoms with E-state index in [0.717, 1.165) is 24.1 Å². The van der Waals surface area contributed by atoms with Gasteiger partial charge in [0.15, 0.2) is 0 Å². The van der Waals surface area contributed by atoms with Gasteiger partial charge in [0.1, 0.15) is 0 Å². The molecule has 1 heterocycles. The van der Waals surface area contributed by atoms with Crippen LogP contribution in [0.2, 0.25) is 0 Å². The van der Waals surface area contributed by atoms with Crippen LogP contribution in [0.15, 0.2) is 54.7 Å². The van der Waals surface area contributed by atoms with E-state index in [4.69, 9.17) is 0 Å². The van der Waals surface area contributed by atoms with Crippen molar-refractivity contribution in [3.8, 4) is 0 Å². The Kier molecular flexibility index (Phi) is 3.77. The SMILES string of the molecule is O=C(NC1CC1)C(Cc1ccccn1)c1ccccc1. The molecule has 0 aliphatic heterocycles. The molecule has 0 spiro atoms. The molecular formula is C17H18N2O. The summed E-state index contributed by atoms with van der Waals surface area (Å²) in [6.07, 6.45) is 4.63. The summed E-state index contributed by atoms with van der Waals surface area (Å²) in [5.41, 5.74) is 2.00. The van der Waals surface area contributed by atoms with E-state index >= 15 is 0 Å². The highest BCUT2D eigenvalue weighted by Crippen LogP contribution is 2.24. The standard InChI is InChI=1S/C17H18N2O/c20-17(19-14-9-10-14)16(13-6-2-1-3-7-13)12-15-8-4-5-11-18-15/h1-8,11,14,16H,9-10,12H2,(H,19,20). The number of pyridine rings is 1. The van der Waals surface area contributed by atoms with Crippen molar-refractivity contribution in [2.24, 2.45) is 0 Å². The molecule has 1 N–H and O–H groups in total. The number of aromatic nitrogens is 1. The quantitative estimate of drug-likeness (QED) is 0.904. The van der Waals surface area contributed by atoms with Crippen LogP contribution in [-0.4, -0.2) is 16.9 Å². The maximum atomic E-state index is 12.5.